The molecule has 2 aliphatic rings. The third-order valence-corrected chi connectivity index (χ3v) is 4.82. The maximum Gasteiger partial charge on any atom is 0.256 e. The summed E-state index contributed by atoms with van der Waals surface area (Å²) in [5.41, 5.74) is 4.21. The maximum atomic E-state index is 12.8. The van der Waals surface area contributed by atoms with Crippen LogP contribution in [0.2, 0.25) is 0 Å². The molecule has 0 aliphatic carbocycles. The maximum absolute atomic E-state index is 12.8. The van der Waals surface area contributed by atoms with Crippen molar-refractivity contribution >= 4 is 5.91 Å². The first-order valence-electron chi connectivity index (χ1n) is 8.64. The van der Waals surface area contributed by atoms with Crippen LogP contribution in [0.5, 0.6) is 5.75 Å². The lowest BCUT2D eigenvalue weighted by Crippen LogP contribution is -2.44. The molecule has 124 valence electrons. The van der Waals surface area contributed by atoms with Gasteiger partial charge in [0, 0.05) is 19.2 Å². The molecule has 1 aromatic carbocycles. The van der Waals surface area contributed by atoms with E-state index in [4.69, 9.17) is 4.74 Å². The molecule has 2 aliphatic heterocycles. The predicted molar refractivity (Wildman–Crippen MR) is 92.2 cm³/mol. The largest absolute Gasteiger partial charge is 0.493 e. The number of carbonyl (C=O) groups excluding carboxylic acids is 1. The molecular weight excluding hydrogens is 300 g/mol. The van der Waals surface area contributed by atoms with Crippen molar-refractivity contribution in [3.63, 3.8) is 0 Å². The minimum absolute atomic E-state index is 0.0998. The number of aromatic nitrogens is 1. The van der Waals surface area contributed by atoms with Gasteiger partial charge in [-0.05, 0) is 47.7 Å². The fraction of sp³-hybridized carbons (Fsp3) is 0.400. The molecule has 2 aromatic rings. The van der Waals surface area contributed by atoms with Crippen LogP contribution >= 0.6 is 0 Å². The molecule has 4 nitrogen and oxygen atoms in total. The van der Waals surface area contributed by atoms with E-state index in [0.29, 0.717) is 5.92 Å². The Hall–Kier alpha value is -2.36. The number of rotatable bonds is 3. The summed E-state index contributed by atoms with van der Waals surface area (Å²) in [6.07, 6.45) is 3.45. The highest BCUT2D eigenvalue weighted by Gasteiger charge is 2.37. The third-order valence-electron chi connectivity index (χ3n) is 4.82. The summed E-state index contributed by atoms with van der Waals surface area (Å²) < 4.78 is 5.85. The van der Waals surface area contributed by atoms with Crippen LogP contribution in [0.15, 0.2) is 36.5 Å². The normalized spacial score (nSPS) is 18.9. The van der Waals surface area contributed by atoms with Crippen molar-refractivity contribution in [3.05, 3.63) is 58.9 Å². The summed E-state index contributed by atoms with van der Waals surface area (Å²) in [5, 5.41) is 0. The summed E-state index contributed by atoms with van der Waals surface area (Å²) in [6, 6.07) is 10.1. The minimum atomic E-state index is 0.0998. The van der Waals surface area contributed by atoms with Crippen molar-refractivity contribution in [2.45, 2.75) is 32.7 Å². The Kier molecular flexibility index (Phi) is 3.75. The molecule has 1 atom stereocenters. The second kappa shape index (κ2) is 5.93. The minimum Gasteiger partial charge on any atom is -0.493 e. The number of pyridine rings is 1. The van der Waals surface area contributed by atoms with Gasteiger partial charge in [-0.25, -0.2) is 0 Å². The van der Waals surface area contributed by atoms with Crippen molar-refractivity contribution < 1.29 is 9.53 Å². The Morgan fingerprint density at radius 2 is 2.21 bits per heavy atom. The van der Waals surface area contributed by atoms with Crippen LogP contribution in [-0.4, -0.2) is 28.9 Å². The zero-order chi connectivity index (χ0) is 16.7. The number of hydrogen-bond donors (Lipinski definition) is 0. The second-order valence-corrected chi connectivity index (χ2v) is 7.03. The van der Waals surface area contributed by atoms with Crippen LogP contribution in [0, 0.1) is 5.92 Å². The Morgan fingerprint density at radius 3 is 3.04 bits per heavy atom. The number of nitrogens with zero attached hydrogens (tertiary/aromatic N) is 2. The first-order valence-corrected chi connectivity index (χ1v) is 8.64. The highest BCUT2D eigenvalue weighted by Crippen LogP contribution is 2.38. The standard InChI is InChI=1S/C20H22N2O2/c1-13(2)12-24-15-5-6-16-14(10-15)7-9-22-19(16)11-18-17(20(22)23)4-3-8-21-18/h3-6,8,10,13,19H,7,9,11-12H2,1-2H3. The first-order chi connectivity index (χ1) is 11.6. The van der Waals surface area contributed by atoms with Gasteiger partial charge >= 0.3 is 0 Å². The molecule has 0 saturated heterocycles. The van der Waals surface area contributed by atoms with Crippen LogP contribution < -0.4 is 4.74 Å². The Morgan fingerprint density at radius 1 is 1.33 bits per heavy atom. The van der Waals surface area contributed by atoms with Crippen molar-refractivity contribution in [1.82, 2.24) is 9.88 Å². The van der Waals surface area contributed by atoms with Crippen molar-refractivity contribution in [3.8, 4) is 5.75 Å². The fourth-order valence-corrected chi connectivity index (χ4v) is 3.64. The van der Waals surface area contributed by atoms with E-state index in [9.17, 15) is 4.79 Å². The summed E-state index contributed by atoms with van der Waals surface area (Å²) in [4.78, 5) is 19.2. The Bertz CT molecular complexity index is 785. The highest BCUT2D eigenvalue weighted by molar-refractivity contribution is 5.96. The Labute approximate surface area is 142 Å². The molecule has 0 spiro atoms. The molecule has 0 radical (unpaired) electrons. The smallest absolute Gasteiger partial charge is 0.256 e. The van der Waals surface area contributed by atoms with Gasteiger partial charge in [-0.1, -0.05) is 19.9 Å². The third kappa shape index (κ3) is 2.56. The molecule has 0 saturated carbocycles. The fourth-order valence-electron chi connectivity index (χ4n) is 3.64. The number of benzene rings is 1. The molecule has 1 amide bonds. The van der Waals surface area contributed by atoms with Gasteiger partial charge in [-0.3, -0.25) is 9.78 Å². The van der Waals surface area contributed by atoms with Crippen LogP contribution in [-0.2, 0) is 12.8 Å². The molecule has 24 heavy (non-hydrogen) atoms. The molecule has 4 heteroatoms. The van der Waals surface area contributed by atoms with E-state index >= 15 is 0 Å². The van der Waals surface area contributed by atoms with E-state index in [1.54, 1.807) is 6.20 Å². The van der Waals surface area contributed by atoms with Gasteiger partial charge in [0.05, 0.1) is 23.9 Å². The Balaban J connectivity index is 1.65. The van der Waals surface area contributed by atoms with Crippen molar-refractivity contribution in [2.24, 2.45) is 5.92 Å². The van der Waals surface area contributed by atoms with Crippen molar-refractivity contribution in [1.29, 1.82) is 0 Å². The van der Waals surface area contributed by atoms with Crippen LogP contribution in [0.4, 0.5) is 0 Å². The number of ether oxygens (including phenoxy) is 1. The number of fused-ring (bicyclic) bond motifs is 4. The second-order valence-electron chi connectivity index (χ2n) is 7.03. The lowest BCUT2D eigenvalue weighted by atomic mass is 9.85. The molecule has 4 rings (SSSR count). The number of hydrogen-bond acceptors (Lipinski definition) is 3. The van der Waals surface area contributed by atoms with E-state index in [0.717, 1.165) is 43.0 Å². The lowest BCUT2D eigenvalue weighted by molar-refractivity contribution is 0.0628. The van der Waals surface area contributed by atoms with Crippen LogP contribution in [0.3, 0.4) is 0 Å². The average molecular weight is 322 g/mol. The van der Waals surface area contributed by atoms with Gasteiger partial charge in [0.15, 0.2) is 0 Å². The molecule has 1 unspecified atom stereocenters. The van der Waals surface area contributed by atoms with Crippen molar-refractivity contribution in [2.75, 3.05) is 13.2 Å². The van der Waals surface area contributed by atoms with E-state index < -0.39 is 0 Å². The van der Waals surface area contributed by atoms with Gasteiger partial charge in [-0.15, -0.1) is 0 Å². The summed E-state index contributed by atoms with van der Waals surface area (Å²) in [5.74, 6) is 1.55. The van der Waals surface area contributed by atoms with Gasteiger partial charge in [0.25, 0.3) is 5.91 Å². The summed E-state index contributed by atoms with van der Waals surface area (Å²) in [6.45, 7) is 5.78. The van der Waals surface area contributed by atoms with E-state index in [1.807, 2.05) is 23.1 Å². The first kappa shape index (κ1) is 15.2. The molecule has 3 heterocycles. The molecule has 0 bridgehead atoms. The SMILES string of the molecule is CC(C)COc1ccc2c(c1)CCN1C(=O)c3cccnc3CC21. The summed E-state index contributed by atoms with van der Waals surface area (Å²) in [7, 11) is 0. The van der Waals surface area contributed by atoms with Gasteiger partial charge < -0.3 is 9.64 Å². The zero-order valence-corrected chi connectivity index (χ0v) is 14.2. The van der Waals surface area contributed by atoms with Crippen LogP contribution in [0.25, 0.3) is 0 Å². The van der Waals surface area contributed by atoms with E-state index in [-0.39, 0.29) is 11.9 Å². The molecule has 0 N–H and O–H groups in total. The van der Waals surface area contributed by atoms with E-state index in [2.05, 4.69) is 31.0 Å². The molecule has 1 aromatic heterocycles. The van der Waals surface area contributed by atoms with Gasteiger partial charge in [-0.2, -0.15) is 0 Å². The zero-order valence-electron chi connectivity index (χ0n) is 14.2. The van der Waals surface area contributed by atoms with Gasteiger partial charge in [0.1, 0.15) is 5.75 Å². The highest BCUT2D eigenvalue weighted by atomic mass is 16.5. The quantitative estimate of drug-likeness (QED) is 0.869. The van der Waals surface area contributed by atoms with E-state index in [1.165, 1.54) is 11.1 Å². The lowest BCUT2D eigenvalue weighted by Gasteiger charge is -2.40. The van der Waals surface area contributed by atoms with Crippen LogP contribution in [0.1, 0.15) is 47.1 Å². The van der Waals surface area contributed by atoms with Gasteiger partial charge in [0.2, 0.25) is 0 Å². The average Bonchev–Trinajstić information content (AvgIpc) is 2.60. The number of amides is 1. The topological polar surface area (TPSA) is 42.4 Å². The number of carbonyl (C=O) groups is 1. The predicted octanol–water partition coefficient (Wildman–Crippen LogP) is 3.41. The molecular formula is C20H22N2O2. The summed E-state index contributed by atoms with van der Waals surface area (Å²) >= 11 is 0. The monoisotopic (exact) mass is 322 g/mol. The molecule has 0 fully saturated rings.